The number of nitrogens with one attached hydrogen (secondary N) is 1. The summed E-state index contributed by atoms with van der Waals surface area (Å²) in [6, 6.07) is 0. The molecule has 0 aliphatic carbocycles. The van der Waals surface area contributed by atoms with Gasteiger partial charge in [-0.2, -0.15) is 0 Å². The molecule has 0 aliphatic rings. The molecule has 18 heavy (non-hydrogen) atoms. The highest BCUT2D eigenvalue weighted by atomic mass is 79.9. The molecule has 1 N–H and O–H groups in total. The van der Waals surface area contributed by atoms with Crippen LogP contribution in [0.15, 0.2) is 20.2 Å². The van der Waals surface area contributed by atoms with Crippen LogP contribution in [0.4, 0.5) is 5.82 Å². The van der Waals surface area contributed by atoms with Gasteiger partial charge in [0.1, 0.15) is 22.2 Å². The molecule has 0 radical (unpaired) electrons. The van der Waals surface area contributed by atoms with E-state index in [4.69, 9.17) is 0 Å². The Morgan fingerprint density at radius 2 is 2.22 bits per heavy atom. The molecular weight excluding hydrogens is 334 g/mol. The third-order valence-electron chi connectivity index (χ3n) is 1.99. The molecule has 8 heteroatoms. The Morgan fingerprint density at radius 1 is 1.39 bits per heavy atom. The minimum Gasteiger partial charge on any atom is -0.369 e. The molecule has 96 valence electrons. The summed E-state index contributed by atoms with van der Waals surface area (Å²) in [5.74, 6) is 0.815. The number of halogens is 1. The first-order chi connectivity index (χ1) is 8.70. The van der Waals surface area contributed by atoms with Crippen molar-refractivity contribution < 1.29 is 0 Å². The van der Waals surface area contributed by atoms with Gasteiger partial charge in [-0.25, -0.2) is 9.97 Å². The lowest BCUT2D eigenvalue weighted by molar-refractivity contribution is 0.943. The Bertz CT molecular complexity index is 531. The van der Waals surface area contributed by atoms with Crippen LogP contribution in [-0.4, -0.2) is 26.7 Å². The van der Waals surface area contributed by atoms with Gasteiger partial charge in [-0.1, -0.05) is 18.3 Å². The predicted octanol–water partition coefficient (Wildman–Crippen LogP) is 3.37. The lowest BCUT2D eigenvalue weighted by Crippen LogP contribution is -2.03. The first-order valence-electron chi connectivity index (χ1n) is 5.43. The van der Waals surface area contributed by atoms with Crippen LogP contribution in [0.3, 0.4) is 0 Å². The van der Waals surface area contributed by atoms with Crippen LogP contribution in [0, 0.1) is 6.92 Å². The second kappa shape index (κ2) is 6.44. The molecule has 0 aromatic carbocycles. The Morgan fingerprint density at radius 3 is 2.89 bits per heavy atom. The molecule has 0 bridgehead atoms. The molecule has 0 amide bonds. The number of aromatic nitrogens is 4. The standard InChI is InChI=1S/C10H12BrN5S2/c1-3-4-12-8-7(11)9(14-5-13-8)18-10-16-15-6(2)17-10/h5H,3-4H2,1-2H3,(H,12,13,14). The van der Waals surface area contributed by atoms with Gasteiger partial charge in [0.2, 0.25) is 0 Å². The fourth-order valence-corrected chi connectivity index (χ4v) is 3.50. The van der Waals surface area contributed by atoms with Crippen molar-refractivity contribution in [3.05, 3.63) is 15.8 Å². The van der Waals surface area contributed by atoms with Gasteiger partial charge in [-0.15, -0.1) is 10.2 Å². The van der Waals surface area contributed by atoms with Crippen molar-refractivity contribution in [3.63, 3.8) is 0 Å². The van der Waals surface area contributed by atoms with Crippen LogP contribution in [-0.2, 0) is 0 Å². The third kappa shape index (κ3) is 3.39. The summed E-state index contributed by atoms with van der Waals surface area (Å²) in [6.07, 6.45) is 2.60. The van der Waals surface area contributed by atoms with E-state index in [9.17, 15) is 0 Å². The summed E-state index contributed by atoms with van der Waals surface area (Å²) >= 11 is 6.57. The molecule has 0 spiro atoms. The number of hydrogen-bond donors (Lipinski definition) is 1. The van der Waals surface area contributed by atoms with Gasteiger partial charge < -0.3 is 5.32 Å². The summed E-state index contributed by atoms with van der Waals surface area (Å²) < 4.78 is 1.75. The van der Waals surface area contributed by atoms with Crippen LogP contribution in [0.1, 0.15) is 18.4 Å². The second-order valence-electron chi connectivity index (χ2n) is 3.46. The van der Waals surface area contributed by atoms with Gasteiger partial charge in [0.15, 0.2) is 4.34 Å². The van der Waals surface area contributed by atoms with E-state index in [1.807, 2.05) is 6.92 Å². The molecule has 2 heterocycles. The molecule has 0 saturated carbocycles. The molecular formula is C10H12BrN5S2. The highest BCUT2D eigenvalue weighted by Crippen LogP contribution is 2.35. The van der Waals surface area contributed by atoms with E-state index in [0.717, 1.165) is 37.6 Å². The first-order valence-corrected chi connectivity index (χ1v) is 7.85. The normalized spacial score (nSPS) is 10.6. The van der Waals surface area contributed by atoms with Crippen molar-refractivity contribution in [1.82, 2.24) is 20.2 Å². The van der Waals surface area contributed by atoms with E-state index in [1.54, 1.807) is 17.7 Å². The largest absolute Gasteiger partial charge is 0.369 e. The van der Waals surface area contributed by atoms with Gasteiger partial charge in [0, 0.05) is 6.54 Å². The number of nitrogens with zero attached hydrogens (tertiary/aromatic N) is 4. The van der Waals surface area contributed by atoms with Crippen LogP contribution < -0.4 is 5.32 Å². The minimum atomic E-state index is 0.815. The lowest BCUT2D eigenvalue weighted by Gasteiger charge is -2.07. The van der Waals surface area contributed by atoms with Gasteiger partial charge in [0.25, 0.3) is 0 Å². The van der Waals surface area contributed by atoms with Crippen molar-refractivity contribution in [3.8, 4) is 0 Å². The van der Waals surface area contributed by atoms with E-state index < -0.39 is 0 Å². The molecule has 2 aromatic heterocycles. The Balaban J connectivity index is 2.17. The van der Waals surface area contributed by atoms with Crippen molar-refractivity contribution in [2.24, 2.45) is 0 Å². The SMILES string of the molecule is CCCNc1ncnc(Sc2nnc(C)s2)c1Br. The zero-order valence-electron chi connectivity index (χ0n) is 9.97. The molecule has 0 fully saturated rings. The van der Waals surface area contributed by atoms with Gasteiger partial charge in [-0.3, -0.25) is 0 Å². The highest BCUT2D eigenvalue weighted by Gasteiger charge is 2.12. The molecule has 0 atom stereocenters. The third-order valence-corrected chi connectivity index (χ3v) is 4.90. The monoisotopic (exact) mass is 345 g/mol. The number of rotatable bonds is 5. The van der Waals surface area contributed by atoms with E-state index in [1.165, 1.54) is 11.8 Å². The van der Waals surface area contributed by atoms with Crippen molar-refractivity contribution in [1.29, 1.82) is 0 Å². The van der Waals surface area contributed by atoms with Gasteiger partial charge in [-0.05, 0) is 41.0 Å². The average Bonchev–Trinajstić information content (AvgIpc) is 2.76. The van der Waals surface area contributed by atoms with E-state index in [-0.39, 0.29) is 0 Å². The van der Waals surface area contributed by atoms with Crippen LogP contribution >= 0.6 is 39.0 Å². The van der Waals surface area contributed by atoms with Crippen LogP contribution in [0.5, 0.6) is 0 Å². The zero-order valence-corrected chi connectivity index (χ0v) is 13.2. The van der Waals surface area contributed by atoms with Gasteiger partial charge in [0.05, 0.1) is 4.47 Å². The number of anilines is 1. The lowest BCUT2D eigenvalue weighted by atomic mass is 10.4. The Labute approximate surface area is 122 Å². The van der Waals surface area contributed by atoms with E-state index in [0.29, 0.717) is 0 Å². The molecule has 0 aliphatic heterocycles. The van der Waals surface area contributed by atoms with E-state index >= 15 is 0 Å². The fourth-order valence-electron chi connectivity index (χ4n) is 1.19. The predicted molar refractivity (Wildman–Crippen MR) is 77.3 cm³/mol. The van der Waals surface area contributed by atoms with Crippen LogP contribution in [0.2, 0.25) is 0 Å². The molecule has 5 nitrogen and oxygen atoms in total. The molecule has 0 saturated heterocycles. The number of hydrogen-bond acceptors (Lipinski definition) is 7. The summed E-state index contributed by atoms with van der Waals surface area (Å²) in [5.41, 5.74) is 0. The van der Waals surface area contributed by atoms with Gasteiger partial charge >= 0.3 is 0 Å². The van der Waals surface area contributed by atoms with E-state index in [2.05, 4.69) is 48.3 Å². The summed E-state index contributed by atoms with van der Waals surface area (Å²) in [6.45, 7) is 4.93. The van der Waals surface area contributed by atoms with Crippen molar-refractivity contribution in [2.45, 2.75) is 29.6 Å². The smallest absolute Gasteiger partial charge is 0.180 e. The fraction of sp³-hybridized carbons (Fsp3) is 0.400. The Kier molecular flexibility index (Phi) is 4.90. The number of aryl methyl sites for hydroxylation is 1. The van der Waals surface area contributed by atoms with Crippen molar-refractivity contribution >= 4 is 44.8 Å². The maximum atomic E-state index is 4.26. The summed E-state index contributed by atoms with van der Waals surface area (Å²) in [4.78, 5) is 8.46. The van der Waals surface area contributed by atoms with Crippen LogP contribution in [0.25, 0.3) is 0 Å². The summed E-state index contributed by atoms with van der Waals surface area (Å²) in [5, 5.41) is 13.1. The Hall–Kier alpha value is -0.730. The topological polar surface area (TPSA) is 63.6 Å². The quantitative estimate of drug-likeness (QED) is 0.838. The maximum absolute atomic E-state index is 4.26. The zero-order chi connectivity index (χ0) is 13.0. The minimum absolute atomic E-state index is 0.815. The molecule has 2 rings (SSSR count). The highest BCUT2D eigenvalue weighted by molar-refractivity contribution is 9.10. The maximum Gasteiger partial charge on any atom is 0.180 e. The van der Waals surface area contributed by atoms with Crippen molar-refractivity contribution in [2.75, 3.05) is 11.9 Å². The summed E-state index contributed by atoms with van der Waals surface area (Å²) in [7, 11) is 0. The second-order valence-corrected chi connectivity index (χ2v) is 6.67. The molecule has 0 unspecified atom stereocenters. The molecule has 2 aromatic rings. The first kappa shape index (κ1) is 13.7. The average molecular weight is 346 g/mol.